The van der Waals surface area contributed by atoms with Gasteiger partial charge in [0.1, 0.15) is 11.6 Å². The van der Waals surface area contributed by atoms with Crippen molar-refractivity contribution in [1.82, 2.24) is 0 Å². The number of benzene rings is 2. The van der Waals surface area contributed by atoms with Crippen LogP contribution in [-0.2, 0) is 0 Å². The van der Waals surface area contributed by atoms with Crippen LogP contribution in [0.25, 0.3) is 11.1 Å². The molecule has 0 heterocycles. The predicted octanol–water partition coefficient (Wildman–Crippen LogP) is 2.80. The average molecular weight is 220 g/mol. The molecule has 0 amide bonds. The van der Waals surface area contributed by atoms with Crippen molar-refractivity contribution < 1.29 is 8.78 Å². The van der Waals surface area contributed by atoms with Crippen LogP contribution in [0.1, 0.15) is 0 Å². The van der Waals surface area contributed by atoms with Crippen LogP contribution >= 0.6 is 0 Å². The first-order valence-electron chi connectivity index (χ1n) is 4.68. The smallest absolute Gasteiger partial charge is 0.134 e. The summed E-state index contributed by atoms with van der Waals surface area (Å²) in [5, 5.41) is 0. The zero-order valence-corrected chi connectivity index (χ0v) is 8.37. The van der Waals surface area contributed by atoms with E-state index >= 15 is 0 Å². The standard InChI is InChI=1S/C12H10F2N2/c13-7-1-3-9(11(14)5-7)10-6-8(15)2-4-12(10)16/h1-6H,15-16H2. The zero-order chi connectivity index (χ0) is 11.7. The Bertz CT molecular complexity index is 539. The summed E-state index contributed by atoms with van der Waals surface area (Å²) < 4.78 is 26.3. The summed E-state index contributed by atoms with van der Waals surface area (Å²) in [6.07, 6.45) is 0. The van der Waals surface area contributed by atoms with E-state index in [0.29, 0.717) is 16.9 Å². The predicted molar refractivity (Wildman–Crippen MR) is 60.6 cm³/mol. The molecule has 4 heteroatoms. The number of halogens is 2. The van der Waals surface area contributed by atoms with Gasteiger partial charge in [0.15, 0.2) is 0 Å². The Morgan fingerprint density at radius 3 is 2.25 bits per heavy atom. The van der Waals surface area contributed by atoms with Crippen LogP contribution in [0.3, 0.4) is 0 Å². The Kier molecular flexibility index (Phi) is 2.48. The summed E-state index contributed by atoms with van der Waals surface area (Å²) in [5.41, 5.74) is 12.9. The van der Waals surface area contributed by atoms with Crippen LogP contribution in [0, 0.1) is 11.6 Å². The van der Waals surface area contributed by atoms with Gasteiger partial charge in [-0.15, -0.1) is 0 Å². The molecule has 0 aliphatic carbocycles. The first-order chi connectivity index (χ1) is 7.58. The molecule has 0 saturated carbocycles. The third-order valence-electron chi connectivity index (χ3n) is 2.30. The van der Waals surface area contributed by atoms with E-state index in [1.54, 1.807) is 18.2 Å². The van der Waals surface area contributed by atoms with Gasteiger partial charge >= 0.3 is 0 Å². The summed E-state index contributed by atoms with van der Waals surface area (Å²) in [7, 11) is 0. The molecule has 2 aromatic carbocycles. The van der Waals surface area contributed by atoms with Gasteiger partial charge in [-0.2, -0.15) is 0 Å². The summed E-state index contributed by atoms with van der Waals surface area (Å²) in [6, 6.07) is 8.12. The Balaban J connectivity index is 2.62. The molecule has 0 radical (unpaired) electrons. The summed E-state index contributed by atoms with van der Waals surface area (Å²) in [6.45, 7) is 0. The SMILES string of the molecule is Nc1ccc(N)c(-c2ccc(F)cc2F)c1. The highest BCUT2D eigenvalue weighted by molar-refractivity contribution is 5.79. The van der Waals surface area contributed by atoms with Gasteiger partial charge in [-0.25, -0.2) is 8.78 Å². The van der Waals surface area contributed by atoms with E-state index in [2.05, 4.69) is 0 Å². The molecular formula is C12H10F2N2. The summed E-state index contributed by atoms with van der Waals surface area (Å²) in [4.78, 5) is 0. The molecule has 0 bridgehead atoms. The normalized spacial score (nSPS) is 10.4. The van der Waals surface area contributed by atoms with Gasteiger partial charge in [0.25, 0.3) is 0 Å². The van der Waals surface area contributed by atoms with Crippen molar-refractivity contribution in [3.63, 3.8) is 0 Å². The highest BCUT2D eigenvalue weighted by Crippen LogP contribution is 2.30. The van der Waals surface area contributed by atoms with Crippen LogP contribution < -0.4 is 11.5 Å². The molecule has 0 aliphatic heterocycles. The molecule has 4 N–H and O–H groups in total. The topological polar surface area (TPSA) is 52.0 Å². The lowest BCUT2D eigenvalue weighted by molar-refractivity contribution is 0.585. The highest BCUT2D eigenvalue weighted by Gasteiger charge is 2.09. The fraction of sp³-hybridized carbons (Fsp3) is 0. The van der Waals surface area contributed by atoms with Gasteiger partial charge in [-0.05, 0) is 30.3 Å². The first kappa shape index (κ1) is 10.4. The van der Waals surface area contributed by atoms with Crippen molar-refractivity contribution in [2.24, 2.45) is 0 Å². The van der Waals surface area contributed by atoms with Crippen molar-refractivity contribution in [1.29, 1.82) is 0 Å². The number of nitrogens with two attached hydrogens (primary N) is 2. The molecule has 0 fully saturated rings. The van der Waals surface area contributed by atoms with E-state index in [-0.39, 0.29) is 5.56 Å². The molecule has 0 aliphatic rings. The number of anilines is 2. The number of hydrogen-bond acceptors (Lipinski definition) is 2. The van der Waals surface area contributed by atoms with Gasteiger partial charge in [-0.1, -0.05) is 0 Å². The first-order valence-corrected chi connectivity index (χ1v) is 4.68. The zero-order valence-electron chi connectivity index (χ0n) is 8.37. The maximum Gasteiger partial charge on any atom is 0.134 e. The third kappa shape index (κ3) is 1.82. The van der Waals surface area contributed by atoms with Gasteiger partial charge in [0.05, 0.1) is 0 Å². The van der Waals surface area contributed by atoms with Crippen LogP contribution in [0.2, 0.25) is 0 Å². The minimum absolute atomic E-state index is 0.242. The second-order valence-corrected chi connectivity index (χ2v) is 3.47. The molecule has 0 saturated heterocycles. The largest absolute Gasteiger partial charge is 0.399 e. The van der Waals surface area contributed by atoms with E-state index in [0.717, 1.165) is 6.07 Å². The molecule has 16 heavy (non-hydrogen) atoms. The van der Waals surface area contributed by atoms with Gasteiger partial charge < -0.3 is 11.5 Å². The Morgan fingerprint density at radius 1 is 0.812 bits per heavy atom. The molecule has 0 aromatic heterocycles. The van der Waals surface area contributed by atoms with Crippen molar-refractivity contribution >= 4 is 11.4 Å². The number of rotatable bonds is 1. The summed E-state index contributed by atoms with van der Waals surface area (Å²) >= 11 is 0. The molecule has 0 atom stereocenters. The number of nitrogen functional groups attached to an aromatic ring is 2. The van der Waals surface area contributed by atoms with E-state index in [1.807, 2.05) is 0 Å². The quantitative estimate of drug-likeness (QED) is 0.726. The van der Waals surface area contributed by atoms with E-state index in [4.69, 9.17) is 11.5 Å². The Hall–Kier alpha value is -2.10. The van der Waals surface area contributed by atoms with E-state index < -0.39 is 11.6 Å². The van der Waals surface area contributed by atoms with E-state index in [1.165, 1.54) is 12.1 Å². The third-order valence-corrected chi connectivity index (χ3v) is 2.30. The van der Waals surface area contributed by atoms with Gasteiger partial charge in [0, 0.05) is 28.6 Å². The minimum atomic E-state index is -0.655. The second-order valence-electron chi connectivity index (χ2n) is 3.47. The second kappa shape index (κ2) is 3.81. The van der Waals surface area contributed by atoms with Crippen LogP contribution in [0.15, 0.2) is 36.4 Å². The van der Waals surface area contributed by atoms with Crippen molar-refractivity contribution in [3.8, 4) is 11.1 Å². The van der Waals surface area contributed by atoms with Gasteiger partial charge in [0.2, 0.25) is 0 Å². The molecule has 0 unspecified atom stereocenters. The average Bonchev–Trinajstić information content (AvgIpc) is 2.22. The van der Waals surface area contributed by atoms with Crippen LogP contribution in [0.4, 0.5) is 20.2 Å². The van der Waals surface area contributed by atoms with Crippen LogP contribution in [-0.4, -0.2) is 0 Å². The molecule has 82 valence electrons. The van der Waals surface area contributed by atoms with Gasteiger partial charge in [-0.3, -0.25) is 0 Å². The maximum absolute atomic E-state index is 13.5. The van der Waals surface area contributed by atoms with Crippen molar-refractivity contribution in [2.45, 2.75) is 0 Å². The Labute approximate surface area is 91.5 Å². The maximum atomic E-state index is 13.5. The van der Waals surface area contributed by atoms with E-state index in [9.17, 15) is 8.78 Å². The number of hydrogen-bond donors (Lipinski definition) is 2. The highest BCUT2D eigenvalue weighted by atomic mass is 19.1. The monoisotopic (exact) mass is 220 g/mol. The fourth-order valence-electron chi connectivity index (χ4n) is 1.52. The molecule has 2 aromatic rings. The molecular weight excluding hydrogens is 210 g/mol. The lowest BCUT2D eigenvalue weighted by atomic mass is 10.0. The van der Waals surface area contributed by atoms with Crippen molar-refractivity contribution in [2.75, 3.05) is 11.5 Å². The summed E-state index contributed by atoms with van der Waals surface area (Å²) in [5.74, 6) is -1.28. The minimum Gasteiger partial charge on any atom is -0.399 e. The van der Waals surface area contributed by atoms with Crippen molar-refractivity contribution in [3.05, 3.63) is 48.0 Å². The lowest BCUT2D eigenvalue weighted by Gasteiger charge is -2.08. The van der Waals surface area contributed by atoms with Crippen LogP contribution in [0.5, 0.6) is 0 Å². The molecule has 0 spiro atoms. The Morgan fingerprint density at radius 2 is 1.56 bits per heavy atom. The molecule has 2 rings (SSSR count). The molecule has 2 nitrogen and oxygen atoms in total. The lowest BCUT2D eigenvalue weighted by Crippen LogP contribution is -1.95. The fourth-order valence-corrected chi connectivity index (χ4v) is 1.52.